The molecule has 0 spiro atoms. The number of hydrogen-bond acceptors (Lipinski definition) is 5. The fourth-order valence-corrected chi connectivity index (χ4v) is 3.42. The lowest BCUT2D eigenvalue weighted by molar-refractivity contribution is 0.00578. The van der Waals surface area contributed by atoms with Crippen molar-refractivity contribution in [1.82, 2.24) is 4.90 Å². The number of ether oxygens (including phenoxy) is 2. The second-order valence-corrected chi connectivity index (χ2v) is 10.2. The Morgan fingerprint density at radius 2 is 1.87 bits per heavy atom. The minimum Gasteiger partial charge on any atom is -0.490 e. The topological polar surface area (TPSA) is 57.2 Å². The van der Waals surface area contributed by atoms with Crippen LogP contribution < -0.4 is 10.2 Å². The Kier molecular flexibility index (Phi) is 6.13. The number of carbonyl (C=O) groups is 1. The molecule has 1 aromatic carbocycles. The molecule has 1 atom stereocenters. The smallest absolute Gasteiger partial charge is 0.490 e. The number of amides is 1. The molecule has 0 saturated carbocycles. The van der Waals surface area contributed by atoms with E-state index < -0.39 is 29.7 Å². The molecule has 1 aromatic rings. The van der Waals surface area contributed by atoms with Crippen LogP contribution in [0.3, 0.4) is 0 Å². The third-order valence-corrected chi connectivity index (χ3v) is 5.89. The largest absolute Gasteiger partial charge is 0.494 e. The van der Waals surface area contributed by atoms with Gasteiger partial charge in [-0.2, -0.15) is 0 Å². The first kappa shape index (κ1) is 22.9. The van der Waals surface area contributed by atoms with Crippen LogP contribution in [-0.4, -0.2) is 54.6 Å². The number of rotatable bonds is 4. The van der Waals surface area contributed by atoms with Crippen LogP contribution in [0.2, 0.25) is 0 Å². The van der Waals surface area contributed by atoms with Crippen molar-refractivity contribution in [3.05, 3.63) is 24.0 Å². The molecule has 166 valence electrons. The molecule has 30 heavy (non-hydrogen) atoms. The number of likely N-dealkylation sites (tertiary alicyclic amines) is 1. The Labute approximate surface area is 179 Å². The van der Waals surface area contributed by atoms with Crippen molar-refractivity contribution in [2.24, 2.45) is 5.92 Å². The molecule has 0 aliphatic carbocycles. The molecular formula is C22H33BFNO5. The van der Waals surface area contributed by atoms with E-state index in [0.29, 0.717) is 25.2 Å². The van der Waals surface area contributed by atoms with Crippen LogP contribution in [0.5, 0.6) is 5.75 Å². The van der Waals surface area contributed by atoms with Crippen LogP contribution in [0.25, 0.3) is 0 Å². The molecule has 2 aliphatic rings. The molecule has 2 fully saturated rings. The zero-order chi connectivity index (χ0) is 22.3. The van der Waals surface area contributed by atoms with Gasteiger partial charge in [0.2, 0.25) is 0 Å². The summed E-state index contributed by atoms with van der Waals surface area (Å²) in [6, 6.07) is 4.67. The summed E-state index contributed by atoms with van der Waals surface area (Å²) in [5.41, 5.74) is -0.751. The molecule has 2 saturated heterocycles. The summed E-state index contributed by atoms with van der Waals surface area (Å²) in [6.07, 6.45) is 0.469. The van der Waals surface area contributed by atoms with E-state index in [1.807, 2.05) is 48.5 Å². The second kappa shape index (κ2) is 8.04. The SMILES string of the molecule is CC(C)(C)OC(=O)N1CC[C@H](COc2cc(B3OC(C)(C)C(C)(C)O3)ccc2F)C1. The van der Waals surface area contributed by atoms with Gasteiger partial charge in [0.05, 0.1) is 17.8 Å². The Hall–Kier alpha value is -1.80. The summed E-state index contributed by atoms with van der Waals surface area (Å²) >= 11 is 0. The van der Waals surface area contributed by atoms with Gasteiger partial charge in [-0.05, 0) is 72.5 Å². The van der Waals surface area contributed by atoms with Crippen molar-refractivity contribution >= 4 is 18.7 Å². The van der Waals surface area contributed by atoms with Crippen LogP contribution in [0.15, 0.2) is 18.2 Å². The van der Waals surface area contributed by atoms with Gasteiger partial charge in [0.15, 0.2) is 11.6 Å². The predicted octanol–water partition coefficient (Wildman–Crippen LogP) is 3.76. The number of benzene rings is 1. The number of halogens is 1. The van der Waals surface area contributed by atoms with E-state index in [0.717, 1.165) is 6.42 Å². The van der Waals surface area contributed by atoms with E-state index in [1.165, 1.54) is 6.07 Å². The highest BCUT2D eigenvalue weighted by atomic mass is 19.1. The van der Waals surface area contributed by atoms with Gasteiger partial charge in [-0.15, -0.1) is 0 Å². The lowest BCUT2D eigenvalue weighted by Crippen LogP contribution is -2.41. The standard InChI is InChI=1S/C22H33BFNO5/c1-20(2,3)28-19(26)25-11-10-15(13-25)14-27-18-12-16(8-9-17(18)24)23-29-21(4,5)22(6,7)30-23/h8-9,12,15H,10-11,13-14H2,1-7H3/t15-/m0/s1. The van der Waals surface area contributed by atoms with Crippen LogP contribution >= 0.6 is 0 Å². The van der Waals surface area contributed by atoms with Gasteiger partial charge in [0, 0.05) is 19.0 Å². The van der Waals surface area contributed by atoms with Crippen molar-refractivity contribution in [1.29, 1.82) is 0 Å². The zero-order valence-corrected chi connectivity index (χ0v) is 19.1. The minimum atomic E-state index is -0.577. The monoisotopic (exact) mass is 421 g/mol. The highest BCUT2D eigenvalue weighted by molar-refractivity contribution is 6.62. The molecule has 0 bridgehead atoms. The van der Waals surface area contributed by atoms with Crippen molar-refractivity contribution in [2.45, 2.75) is 71.7 Å². The average molecular weight is 421 g/mol. The molecule has 2 heterocycles. The zero-order valence-electron chi connectivity index (χ0n) is 19.1. The third-order valence-electron chi connectivity index (χ3n) is 5.89. The van der Waals surface area contributed by atoms with E-state index in [2.05, 4.69) is 0 Å². The Balaban J connectivity index is 1.59. The molecule has 1 amide bonds. The first-order chi connectivity index (χ1) is 13.8. The van der Waals surface area contributed by atoms with Crippen LogP contribution in [-0.2, 0) is 14.0 Å². The summed E-state index contributed by atoms with van der Waals surface area (Å²) in [5.74, 6) is -0.146. The van der Waals surface area contributed by atoms with Crippen molar-refractivity contribution in [3.8, 4) is 5.75 Å². The fraction of sp³-hybridized carbons (Fsp3) is 0.682. The summed E-state index contributed by atoms with van der Waals surface area (Å²) in [4.78, 5) is 13.9. The van der Waals surface area contributed by atoms with Crippen LogP contribution in [0.4, 0.5) is 9.18 Å². The van der Waals surface area contributed by atoms with Crippen LogP contribution in [0.1, 0.15) is 54.9 Å². The molecule has 0 aromatic heterocycles. The lowest BCUT2D eigenvalue weighted by Gasteiger charge is -2.32. The van der Waals surface area contributed by atoms with Gasteiger partial charge in [0.25, 0.3) is 0 Å². The quantitative estimate of drug-likeness (QED) is 0.693. The Morgan fingerprint density at radius 1 is 1.23 bits per heavy atom. The first-order valence-corrected chi connectivity index (χ1v) is 10.5. The van der Waals surface area contributed by atoms with Crippen molar-refractivity contribution in [2.75, 3.05) is 19.7 Å². The highest BCUT2D eigenvalue weighted by Crippen LogP contribution is 2.36. The molecule has 0 N–H and O–H groups in total. The van der Waals surface area contributed by atoms with Gasteiger partial charge in [-0.1, -0.05) is 6.07 Å². The number of carbonyl (C=O) groups excluding carboxylic acids is 1. The van der Waals surface area contributed by atoms with E-state index >= 15 is 0 Å². The van der Waals surface area contributed by atoms with E-state index in [4.69, 9.17) is 18.8 Å². The van der Waals surface area contributed by atoms with Crippen LogP contribution in [0, 0.1) is 11.7 Å². The maximum atomic E-state index is 14.3. The van der Waals surface area contributed by atoms with Gasteiger partial charge >= 0.3 is 13.2 Å². The number of hydrogen-bond donors (Lipinski definition) is 0. The molecule has 6 nitrogen and oxygen atoms in total. The van der Waals surface area contributed by atoms with Gasteiger partial charge in [-0.25, -0.2) is 9.18 Å². The molecule has 0 unspecified atom stereocenters. The molecule has 2 aliphatic heterocycles. The first-order valence-electron chi connectivity index (χ1n) is 10.5. The van der Waals surface area contributed by atoms with Gasteiger partial charge < -0.3 is 23.7 Å². The normalized spacial score (nSPS) is 23.0. The van der Waals surface area contributed by atoms with Crippen molar-refractivity contribution in [3.63, 3.8) is 0 Å². The molecular weight excluding hydrogens is 388 g/mol. The average Bonchev–Trinajstić information content (AvgIpc) is 3.15. The summed E-state index contributed by atoms with van der Waals surface area (Å²) in [6.45, 7) is 14.9. The second-order valence-electron chi connectivity index (χ2n) is 10.2. The lowest BCUT2D eigenvalue weighted by atomic mass is 9.79. The van der Waals surface area contributed by atoms with Gasteiger partial charge in [0.1, 0.15) is 5.60 Å². The molecule has 3 rings (SSSR count). The van der Waals surface area contributed by atoms with Crippen molar-refractivity contribution < 1.29 is 28.0 Å². The summed E-state index contributed by atoms with van der Waals surface area (Å²) < 4.78 is 37.6. The van der Waals surface area contributed by atoms with Gasteiger partial charge in [-0.3, -0.25) is 0 Å². The third kappa shape index (κ3) is 5.09. The maximum absolute atomic E-state index is 14.3. The van der Waals surface area contributed by atoms with E-state index in [9.17, 15) is 9.18 Å². The Morgan fingerprint density at radius 3 is 2.47 bits per heavy atom. The highest BCUT2D eigenvalue weighted by Gasteiger charge is 2.51. The summed E-state index contributed by atoms with van der Waals surface area (Å²) in [7, 11) is -0.577. The summed E-state index contributed by atoms with van der Waals surface area (Å²) in [5, 5.41) is 0. The minimum absolute atomic E-state index is 0.123. The molecule has 0 radical (unpaired) electrons. The predicted molar refractivity (Wildman–Crippen MR) is 114 cm³/mol. The fourth-order valence-electron chi connectivity index (χ4n) is 3.42. The van der Waals surface area contributed by atoms with E-state index in [1.54, 1.807) is 17.0 Å². The maximum Gasteiger partial charge on any atom is 0.494 e. The number of nitrogens with zero attached hydrogens (tertiary/aromatic N) is 1. The van der Waals surface area contributed by atoms with E-state index in [-0.39, 0.29) is 17.8 Å². The Bertz CT molecular complexity index is 776. The molecule has 8 heteroatoms.